The van der Waals surface area contributed by atoms with Gasteiger partial charge in [0, 0.05) is 29.5 Å². The van der Waals surface area contributed by atoms with E-state index < -0.39 is 5.91 Å². The van der Waals surface area contributed by atoms with Crippen molar-refractivity contribution in [3.8, 4) is 17.2 Å². The van der Waals surface area contributed by atoms with Gasteiger partial charge in [-0.2, -0.15) is 16.8 Å². The van der Waals surface area contributed by atoms with E-state index in [-0.39, 0.29) is 6.61 Å². The minimum absolute atomic E-state index is 0.221. The van der Waals surface area contributed by atoms with Crippen LogP contribution in [0.15, 0.2) is 35.3 Å². The van der Waals surface area contributed by atoms with Crippen LogP contribution >= 0.6 is 46.3 Å². The summed E-state index contributed by atoms with van der Waals surface area (Å²) in [5.74, 6) is 2.30. The van der Waals surface area contributed by atoms with Crippen LogP contribution in [0.4, 0.5) is 0 Å². The van der Waals surface area contributed by atoms with Gasteiger partial charge in [0.15, 0.2) is 22.9 Å². The van der Waals surface area contributed by atoms with Crippen LogP contribution in [0.3, 0.4) is 0 Å². The van der Waals surface area contributed by atoms with Crippen molar-refractivity contribution in [1.29, 1.82) is 0 Å². The lowest BCUT2D eigenvalue weighted by Crippen LogP contribution is -2.20. The fraction of sp³-hybridized carbons (Fsp3) is 0.300. The third-order valence-electron chi connectivity index (χ3n) is 4.33. The molecule has 6 nitrogen and oxygen atoms in total. The van der Waals surface area contributed by atoms with Crippen LogP contribution in [0.1, 0.15) is 0 Å². The molecule has 30 heavy (non-hydrogen) atoms. The van der Waals surface area contributed by atoms with Gasteiger partial charge in [0.05, 0.1) is 15.2 Å². The highest BCUT2D eigenvalue weighted by atomic mass is 35.5. The van der Waals surface area contributed by atoms with E-state index in [1.165, 1.54) is 11.3 Å². The van der Waals surface area contributed by atoms with Gasteiger partial charge in [-0.05, 0) is 24.5 Å². The van der Waals surface area contributed by atoms with Crippen molar-refractivity contribution in [1.82, 2.24) is 4.57 Å². The Morgan fingerprint density at radius 1 is 1.23 bits per heavy atom. The van der Waals surface area contributed by atoms with Crippen LogP contribution in [-0.4, -0.2) is 42.3 Å². The van der Waals surface area contributed by atoms with E-state index in [2.05, 4.69) is 4.99 Å². The van der Waals surface area contributed by atoms with Crippen LogP contribution in [-0.2, 0) is 11.3 Å². The number of aromatic nitrogens is 1. The standard InChI is InChI=1S/C20H18Cl2N2O4S2/c1-29-7-4-24-14-9-16-17(27-6-5-26-16)10-18(14)30-20(24)23-19(25)11-28-15-3-2-12(21)8-13(15)22/h2-3,8-10H,4-7,11H2,1H3. The van der Waals surface area contributed by atoms with E-state index in [1.54, 1.807) is 30.0 Å². The van der Waals surface area contributed by atoms with Gasteiger partial charge in [-0.25, -0.2) is 0 Å². The van der Waals surface area contributed by atoms with Crippen molar-refractivity contribution in [2.75, 3.05) is 31.8 Å². The number of carbonyl (C=O) groups is 1. The highest BCUT2D eigenvalue weighted by Gasteiger charge is 2.17. The SMILES string of the molecule is CSCCn1c(=NC(=O)COc2ccc(Cl)cc2Cl)sc2cc3c(cc21)OCCO3. The van der Waals surface area contributed by atoms with Crippen LogP contribution in [0.2, 0.25) is 10.0 Å². The Morgan fingerprint density at radius 2 is 2.00 bits per heavy atom. The van der Waals surface area contributed by atoms with E-state index in [4.69, 9.17) is 37.4 Å². The number of hydrogen-bond donors (Lipinski definition) is 0. The predicted octanol–water partition coefficient (Wildman–Crippen LogP) is 4.65. The van der Waals surface area contributed by atoms with Gasteiger partial charge in [0.1, 0.15) is 19.0 Å². The molecule has 0 bridgehead atoms. The Kier molecular flexibility index (Phi) is 6.77. The number of aryl methyl sites for hydroxylation is 1. The molecule has 1 aromatic heterocycles. The van der Waals surface area contributed by atoms with Crippen molar-refractivity contribution in [3.63, 3.8) is 0 Å². The zero-order chi connectivity index (χ0) is 21.1. The topological polar surface area (TPSA) is 62.1 Å². The quantitative estimate of drug-likeness (QED) is 0.509. The van der Waals surface area contributed by atoms with Gasteiger partial charge in [-0.3, -0.25) is 4.79 Å². The molecule has 0 saturated heterocycles. The zero-order valence-electron chi connectivity index (χ0n) is 16.0. The fourth-order valence-electron chi connectivity index (χ4n) is 2.96. The maximum atomic E-state index is 12.5. The Bertz CT molecular complexity index is 1160. The first kappa shape index (κ1) is 21.4. The number of halogens is 2. The van der Waals surface area contributed by atoms with Crippen molar-refractivity contribution in [2.45, 2.75) is 6.54 Å². The number of ether oxygens (including phenoxy) is 3. The minimum Gasteiger partial charge on any atom is -0.486 e. The minimum atomic E-state index is -0.400. The van der Waals surface area contributed by atoms with E-state index in [0.29, 0.717) is 45.3 Å². The summed E-state index contributed by atoms with van der Waals surface area (Å²) in [6.07, 6.45) is 2.04. The predicted molar refractivity (Wildman–Crippen MR) is 122 cm³/mol. The van der Waals surface area contributed by atoms with E-state index in [9.17, 15) is 4.79 Å². The summed E-state index contributed by atoms with van der Waals surface area (Å²) in [7, 11) is 0. The Labute approximate surface area is 191 Å². The molecule has 3 aromatic rings. The molecule has 0 N–H and O–H groups in total. The van der Waals surface area contributed by atoms with Gasteiger partial charge in [-0.15, -0.1) is 0 Å². The number of benzene rings is 2. The van der Waals surface area contributed by atoms with Gasteiger partial charge < -0.3 is 18.8 Å². The number of hydrogen-bond acceptors (Lipinski definition) is 6. The number of thiazole rings is 1. The van der Waals surface area contributed by atoms with Gasteiger partial charge in [-0.1, -0.05) is 34.5 Å². The number of carbonyl (C=O) groups excluding carboxylic acids is 1. The Hall–Kier alpha value is -1.87. The molecule has 0 radical (unpaired) electrons. The maximum absolute atomic E-state index is 12.5. The number of rotatable bonds is 6. The van der Waals surface area contributed by atoms with E-state index >= 15 is 0 Å². The molecule has 10 heteroatoms. The molecule has 0 aliphatic carbocycles. The Balaban J connectivity index is 1.63. The molecule has 1 aliphatic heterocycles. The monoisotopic (exact) mass is 484 g/mol. The summed E-state index contributed by atoms with van der Waals surface area (Å²) in [5, 5.41) is 0.844. The highest BCUT2D eigenvalue weighted by molar-refractivity contribution is 7.98. The largest absolute Gasteiger partial charge is 0.486 e. The molecule has 1 aliphatic rings. The molecule has 2 aromatic carbocycles. The second-order valence-corrected chi connectivity index (χ2v) is 9.20. The molecule has 1 amide bonds. The molecular weight excluding hydrogens is 467 g/mol. The summed E-state index contributed by atoms with van der Waals surface area (Å²) in [6.45, 7) is 1.54. The molecular formula is C20H18Cl2N2O4S2. The molecule has 158 valence electrons. The van der Waals surface area contributed by atoms with Gasteiger partial charge in [0.25, 0.3) is 5.91 Å². The molecule has 0 spiro atoms. The summed E-state index contributed by atoms with van der Waals surface area (Å²) in [4.78, 5) is 17.4. The van der Waals surface area contributed by atoms with Crippen molar-refractivity contribution < 1.29 is 19.0 Å². The lowest BCUT2D eigenvalue weighted by Gasteiger charge is -2.18. The first-order chi connectivity index (χ1) is 14.5. The smallest absolute Gasteiger partial charge is 0.286 e. The lowest BCUT2D eigenvalue weighted by molar-refractivity contribution is -0.120. The molecule has 0 unspecified atom stereocenters. The molecule has 0 fully saturated rings. The number of amides is 1. The van der Waals surface area contributed by atoms with Gasteiger partial charge in [0.2, 0.25) is 0 Å². The fourth-order valence-corrected chi connectivity index (χ4v) is 4.87. The summed E-state index contributed by atoms with van der Waals surface area (Å²) < 4.78 is 19.9. The van der Waals surface area contributed by atoms with Crippen LogP contribution in [0.25, 0.3) is 10.2 Å². The number of nitrogens with zero attached hydrogens (tertiary/aromatic N) is 2. The third-order valence-corrected chi connectivity index (χ3v) is 6.49. The second-order valence-electron chi connectivity index (χ2n) is 6.36. The van der Waals surface area contributed by atoms with Gasteiger partial charge >= 0.3 is 0 Å². The van der Waals surface area contributed by atoms with Crippen molar-refractivity contribution >= 4 is 62.4 Å². The highest BCUT2D eigenvalue weighted by Crippen LogP contribution is 2.35. The zero-order valence-corrected chi connectivity index (χ0v) is 19.2. The van der Waals surface area contributed by atoms with Crippen molar-refractivity contribution in [2.24, 2.45) is 4.99 Å². The lowest BCUT2D eigenvalue weighted by atomic mass is 10.2. The van der Waals surface area contributed by atoms with E-state index in [1.807, 2.05) is 23.0 Å². The number of thioether (sulfide) groups is 1. The maximum Gasteiger partial charge on any atom is 0.286 e. The summed E-state index contributed by atoms with van der Waals surface area (Å²) in [6, 6.07) is 8.74. The summed E-state index contributed by atoms with van der Waals surface area (Å²) >= 11 is 15.1. The van der Waals surface area contributed by atoms with Crippen LogP contribution in [0, 0.1) is 0 Å². The average Bonchev–Trinajstić information content (AvgIpc) is 3.05. The summed E-state index contributed by atoms with van der Waals surface area (Å²) in [5.41, 5.74) is 0.964. The van der Waals surface area contributed by atoms with Crippen molar-refractivity contribution in [3.05, 3.63) is 45.2 Å². The molecule has 2 heterocycles. The first-order valence-corrected chi connectivity index (χ1v) is 12.1. The van der Waals surface area contributed by atoms with E-state index in [0.717, 1.165) is 22.5 Å². The van der Waals surface area contributed by atoms with Crippen LogP contribution < -0.4 is 19.0 Å². The molecule has 0 atom stereocenters. The third kappa shape index (κ3) is 4.72. The normalized spacial score (nSPS) is 13.6. The Morgan fingerprint density at radius 3 is 2.73 bits per heavy atom. The molecule has 4 rings (SSSR count). The van der Waals surface area contributed by atoms with Crippen LogP contribution in [0.5, 0.6) is 17.2 Å². The molecule has 0 saturated carbocycles. The average molecular weight is 485 g/mol. The second kappa shape index (κ2) is 9.51. The number of fused-ring (bicyclic) bond motifs is 2. The first-order valence-electron chi connectivity index (χ1n) is 9.12.